The van der Waals surface area contributed by atoms with Gasteiger partial charge in [0.1, 0.15) is 5.58 Å². The monoisotopic (exact) mass is 376 g/mol. The van der Waals surface area contributed by atoms with E-state index >= 15 is 0 Å². The van der Waals surface area contributed by atoms with Crippen LogP contribution in [0.1, 0.15) is 39.1 Å². The fraction of sp³-hybridized carbons (Fsp3) is 0.227. The van der Waals surface area contributed by atoms with E-state index in [1.54, 1.807) is 30.5 Å². The van der Waals surface area contributed by atoms with Gasteiger partial charge in [0.15, 0.2) is 0 Å². The lowest BCUT2D eigenvalue weighted by Gasteiger charge is -2.13. The van der Waals surface area contributed by atoms with Crippen molar-refractivity contribution >= 4 is 28.7 Å². The maximum absolute atomic E-state index is 12.3. The Bertz CT molecular complexity index is 1020. The summed E-state index contributed by atoms with van der Waals surface area (Å²) in [4.78, 5) is 37.9. The van der Waals surface area contributed by atoms with Gasteiger partial charge < -0.3 is 9.73 Å². The van der Waals surface area contributed by atoms with E-state index in [1.807, 2.05) is 24.3 Å². The van der Waals surface area contributed by atoms with Gasteiger partial charge >= 0.3 is 0 Å². The highest BCUT2D eigenvalue weighted by molar-refractivity contribution is 6.21. The fourth-order valence-electron chi connectivity index (χ4n) is 3.49. The van der Waals surface area contributed by atoms with Gasteiger partial charge in [-0.1, -0.05) is 30.3 Å². The molecule has 6 heteroatoms. The molecule has 0 aliphatic carbocycles. The minimum Gasteiger partial charge on any atom is -0.464 e. The molecular formula is C22H20N2O4. The molecule has 3 amide bonds. The molecule has 0 fully saturated rings. The topological polar surface area (TPSA) is 79.6 Å². The molecule has 0 spiro atoms. The zero-order valence-corrected chi connectivity index (χ0v) is 15.3. The van der Waals surface area contributed by atoms with Crippen LogP contribution in [0.4, 0.5) is 0 Å². The van der Waals surface area contributed by atoms with E-state index in [0.717, 1.165) is 16.5 Å². The van der Waals surface area contributed by atoms with E-state index in [-0.39, 0.29) is 30.7 Å². The number of rotatable bonds is 7. The van der Waals surface area contributed by atoms with Gasteiger partial charge in [-0.15, -0.1) is 0 Å². The number of imide groups is 1. The molecule has 4 rings (SSSR count). The Balaban J connectivity index is 1.22. The van der Waals surface area contributed by atoms with Crippen molar-refractivity contribution in [1.82, 2.24) is 10.2 Å². The van der Waals surface area contributed by atoms with Crippen LogP contribution in [-0.2, 0) is 11.2 Å². The number of amides is 3. The lowest BCUT2D eigenvalue weighted by atomic mass is 10.1. The first-order valence-corrected chi connectivity index (χ1v) is 9.32. The number of furan rings is 1. The molecule has 3 aromatic rings. The van der Waals surface area contributed by atoms with E-state index in [2.05, 4.69) is 5.32 Å². The molecule has 0 unspecified atom stereocenters. The zero-order chi connectivity index (χ0) is 19.5. The summed E-state index contributed by atoms with van der Waals surface area (Å²) in [7, 11) is 0. The first-order valence-electron chi connectivity index (χ1n) is 9.32. The SMILES string of the molecule is O=C(CCCN1C(=O)c2ccccc2C1=O)NCCc1coc2ccccc12. The van der Waals surface area contributed by atoms with Crippen LogP contribution < -0.4 is 5.32 Å². The molecule has 1 aliphatic rings. The summed E-state index contributed by atoms with van der Waals surface area (Å²) in [5.41, 5.74) is 2.76. The van der Waals surface area contributed by atoms with Gasteiger partial charge in [0.2, 0.25) is 5.91 Å². The summed E-state index contributed by atoms with van der Waals surface area (Å²) in [6.07, 6.45) is 3.10. The van der Waals surface area contributed by atoms with Crippen LogP contribution in [0.3, 0.4) is 0 Å². The number of nitrogens with one attached hydrogen (secondary N) is 1. The van der Waals surface area contributed by atoms with E-state index < -0.39 is 0 Å². The Morgan fingerprint density at radius 2 is 1.64 bits per heavy atom. The number of nitrogens with zero attached hydrogens (tertiary/aromatic N) is 1. The predicted octanol–water partition coefficient (Wildman–Crippen LogP) is 3.17. The third-order valence-electron chi connectivity index (χ3n) is 4.94. The van der Waals surface area contributed by atoms with E-state index in [1.165, 1.54) is 4.90 Å². The summed E-state index contributed by atoms with van der Waals surface area (Å²) in [6.45, 7) is 0.752. The third-order valence-corrected chi connectivity index (χ3v) is 4.94. The summed E-state index contributed by atoms with van der Waals surface area (Å²) >= 11 is 0. The number of para-hydroxylation sites is 1. The molecule has 1 N–H and O–H groups in total. The number of benzene rings is 2. The predicted molar refractivity (Wildman–Crippen MR) is 104 cm³/mol. The lowest BCUT2D eigenvalue weighted by Crippen LogP contribution is -2.32. The molecular weight excluding hydrogens is 356 g/mol. The smallest absolute Gasteiger partial charge is 0.261 e. The van der Waals surface area contributed by atoms with E-state index in [0.29, 0.717) is 30.5 Å². The minimum atomic E-state index is -0.284. The van der Waals surface area contributed by atoms with Crippen LogP contribution in [0.15, 0.2) is 59.2 Å². The maximum Gasteiger partial charge on any atom is 0.261 e. The average Bonchev–Trinajstić information content (AvgIpc) is 3.23. The van der Waals surface area contributed by atoms with Crippen molar-refractivity contribution in [2.24, 2.45) is 0 Å². The van der Waals surface area contributed by atoms with Crippen LogP contribution in [0, 0.1) is 0 Å². The van der Waals surface area contributed by atoms with Crippen LogP contribution in [0.2, 0.25) is 0 Å². The Morgan fingerprint density at radius 3 is 2.39 bits per heavy atom. The zero-order valence-electron chi connectivity index (χ0n) is 15.3. The number of carbonyl (C=O) groups is 3. The molecule has 1 aliphatic heterocycles. The lowest BCUT2D eigenvalue weighted by molar-refractivity contribution is -0.121. The molecule has 0 saturated carbocycles. The number of carbonyl (C=O) groups excluding carboxylic acids is 3. The van der Waals surface area contributed by atoms with Crippen molar-refractivity contribution in [3.8, 4) is 0 Å². The first-order chi connectivity index (χ1) is 13.6. The Kier molecular flexibility index (Phi) is 4.93. The highest BCUT2D eigenvalue weighted by Gasteiger charge is 2.34. The highest BCUT2D eigenvalue weighted by Crippen LogP contribution is 2.23. The minimum absolute atomic E-state index is 0.0931. The van der Waals surface area contributed by atoms with E-state index in [9.17, 15) is 14.4 Å². The molecule has 0 atom stereocenters. The van der Waals surface area contributed by atoms with Crippen LogP contribution in [0.25, 0.3) is 11.0 Å². The first kappa shape index (κ1) is 18.0. The molecule has 2 heterocycles. The van der Waals surface area contributed by atoms with Crippen LogP contribution in [-0.4, -0.2) is 35.7 Å². The van der Waals surface area contributed by atoms with Gasteiger partial charge in [0, 0.05) is 24.9 Å². The van der Waals surface area contributed by atoms with Gasteiger partial charge in [-0.25, -0.2) is 0 Å². The van der Waals surface area contributed by atoms with Crippen molar-refractivity contribution < 1.29 is 18.8 Å². The molecule has 0 radical (unpaired) electrons. The molecule has 0 bridgehead atoms. The Labute approximate surface area is 162 Å². The van der Waals surface area contributed by atoms with Crippen molar-refractivity contribution in [2.75, 3.05) is 13.1 Å². The quantitative estimate of drug-likeness (QED) is 0.643. The average molecular weight is 376 g/mol. The highest BCUT2D eigenvalue weighted by atomic mass is 16.3. The number of hydrogen-bond donors (Lipinski definition) is 1. The molecule has 142 valence electrons. The van der Waals surface area contributed by atoms with Gasteiger partial charge in [-0.2, -0.15) is 0 Å². The molecule has 1 aromatic heterocycles. The summed E-state index contributed by atoms with van der Waals surface area (Å²) < 4.78 is 5.49. The Hall–Kier alpha value is -3.41. The molecule has 6 nitrogen and oxygen atoms in total. The van der Waals surface area contributed by atoms with Crippen molar-refractivity contribution in [3.63, 3.8) is 0 Å². The van der Waals surface area contributed by atoms with Gasteiger partial charge in [0.05, 0.1) is 17.4 Å². The van der Waals surface area contributed by atoms with E-state index in [4.69, 9.17) is 4.42 Å². The number of fused-ring (bicyclic) bond motifs is 2. The standard InChI is InChI=1S/C22H20N2O4/c25-20(23-12-11-15-14-28-19-9-4-3-6-16(15)19)10-5-13-24-21(26)17-7-1-2-8-18(17)22(24)27/h1-4,6-9,14H,5,10-13H2,(H,23,25). The summed E-state index contributed by atoms with van der Waals surface area (Å²) in [6, 6.07) is 14.6. The normalized spacial score (nSPS) is 13.2. The molecule has 0 saturated heterocycles. The second-order valence-electron chi connectivity index (χ2n) is 6.77. The largest absolute Gasteiger partial charge is 0.464 e. The second-order valence-corrected chi connectivity index (χ2v) is 6.77. The van der Waals surface area contributed by atoms with Gasteiger partial charge in [0.25, 0.3) is 11.8 Å². The molecule has 28 heavy (non-hydrogen) atoms. The summed E-state index contributed by atoms with van der Waals surface area (Å²) in [5.74, 6) is -0.662. The Morgan fingerprint density at radius 1 is 0.964 bits per heavy atom. The van der Waals surface area contributed by atoms with Crippen LogP contribution >= 0.6 is 0 Å². The van der Waals surface area contributed by atoms with Crippen LogP contribution in [0.5, 0.6) is 0 Å². The van der Waals surface area contributed by atoms with Gasteiger partial charge in [-0.05, 0) is 36.6 Å². The van der Waals surface area contributed by atoms with Crippen molar-refractivity contribution in [2.45, 2.75) is 19.3 Å². The van der Waals surface area contributed by atoms with Crippen molar-refractivity contribution in [1.29, 1.82) is 0 Å². The summed E-state index contributed by atoms with van der Waals surface area (Å²) in [5, 5.41) is 3.94. The van der Waals surface area contributed by atoms with Crippen molar-refractivity contribution in [3.05, 3.63) is 71.5 Å². The van der Waals surface area contributed by atoms with Gasteiger partial charge in [-0.3, -0.25) is 19.3 Å². The third kappa shape index (κ3) is 3.41. The fourth-order valence-corrected chi connectivity index (χ4v) is 3.49. The maximum atomic E-state index is 12.3. The molecule has 2 aromatic carbocycles. The second kappa shape index (κ2) is 7.68. The number of hydrogen-bond acceptors (Lipinski definition) is 4.